The van der Waals surface area contributed by atoms with Crippen LogP contribution in [0.3, 0.4) is 0 Å². The summed E-state index contributed by atoms with van der Waals surface area (Å²) in [4.78, 5) is 0. The van der Waals surface area contributed by atoms with Gasteiger partial charge < -0.3 is 4.74 Å². The molecule has 1 aromatic heterocycles. The smallest absolute Gasteiger partial charge is 0.150 e. The molecular formula is C16H20N2O. The number of benzene rings is 1. The molecule has 1 aromatic carbocycles. The van der Waals surface area contributed by atoms with Crippen molar-refractivity contribution in [3.8, 4) is 0 Å². The highest BCUT2D eigenvalue weighted by Gasteiger charge is 2.22. The van der Waals surface area contributed by atoms with Crippen LogP contribution in [0.25, 0.3) is 10.9 Å². The predicted octanol–water partition coefficient (Wildman–Crippen LogP) is 3.69. The third-order valence-electron chi connectivity index (χ3n) is 4.31. The van der Waals surface area contributed by atoms with Gasteiger partial charge in [0.15, 0.2) is 6.23 Å². The van der Waals surface area contributed by atoms with Crippen LogP contribution in [0.15, 0.2) is 24.4 Å². The number of hydrogen-bond acceptors (Lipinski definition) is 2. The van der Waals surface area contributed by atoms with E-state index < -0.39 is 0 Å². The fourth-order valence-corrected chi connectivity index (χ4v) is 3.03. The van der Waals surface area contributed by atoms with Crippen molar-refractivity contribution in [2.45, 2.75) is 44.8 Å². The van der Waals surface area contributed by atoms with Crippen LogP contribution in [-0.4, -0.2) is 16.4 Å². The molecule has 3 nitrogen and oxygen atoms in total. The Labute approximate surface area is 113 Å². The molecule has 2 fully saturated rings. The van der Waals surface area contributed by atoms with Crippen molar-refractivity contribution in [3.63, 3.8) is 0 Å². The lowest BCUT2D eigenvalue weighted by Crippen LogP contribution is -2.18. The molecule has 100 valence electrons. The van der Waals surface area contributed by atoms with E-state index in [0.29, 0.717) is 0 Å². The van der Waals surface area contributed by atoms with E-state index in [1.54, 1.807) is 0 Å². The highest BCUT2D eigenvalue weighted by atomic mass is 16.5. The Balaban J connectivity index is 1.64. The Hall–Kier alpha value is -1.35. The van der Waals surface area contributed by atoms with Crippen molar-refractivity contribution in [2.24, 2.45) is 5.92 Å². The molecule has 4 rings (SSSR count). The van der Waals surface area contributed by atoms with Crippen LogP contribution in [0.1, 0.15) is 43.9 Å². The van der Waals surface area contributed by atoms with Gasteiger partial charge in [-0.1, -0.05) is 6.07 Å². The van der Waals surface area contributed by atoms with Crippen molar-refractivity contribution < 1.29 is 4.74 Å². The van der Waals surface area contributed by atoms with Crippen LogP contribution < -0.4 is 0 Å². The summed E-state index contributed by atoms with van der Waals surface area (Å²) in [5.41, 5.74) is 2.67. The molecule has 2 aliphatic rings. The van der Waals surface area contributed by atoms with Gasteiger partial charge in [-0.3, -0.25) is 0 Å². The Morgan fingerprint density at radius 2 is 2.16 bits per heavy atom. The van der Waals surface area contributed by atoms with Gasteiger partial charge >= 0.3 is 0 Å². The van der Waals surface area contributed by atoms with Crippen LogP contribution in [0.4, 0.5) is 0 Å². The van der Waals surface area contributed by atoms with Crippen molar-refractivity contribution in [1.29, 1.82) is 0 Å². The minimum Gasteiger partial charge on any atom is -0.356 e. The molecule has 0 radical (unpaired) electrons. The molecule has 0 N–H and O–H groups in total. The third-order valence-corrected chi connectivity index (χ3v) is 4.31. The van der Waals surface area contributed by atoms with Crippen molar-refractivity contribution in [1.82, 2.24) is 9.78 Å². The zero-order valence-corrected chi connectivity index (χ0v) is 11.2. The second-order valence-corrected chi connectivity index (χ2v) is 5.95. The first-order valence-electron chi connectivity index (χ1n) is 7.48. The highest BCUT2D eigenvalue weighted by Crippen LogP contribution is 2.33. The minimum atomic E-state index is 0.139. The fraction of sp³-hybridized carbons (Fsp3) is 0.562. The van der Waals surface area contributed by atoms with Gasteiger partial charge in [-0.2, -0.15) is 5.10 Å². The molecule has 2 aromatic rings. The van der Waals surface area contributed by atoms with E-state index in [1.165, 1.54) is 48.6 Å². The Kier molecular flexibility index (Phi) is 2.80. The first kappa shape index (κ1) is 11.5. The normalized spacial score (nSPS) is 23.9. The largest absolute Gasteiger partial charge is 0.356 e. The van der Waals surface area contributed by atoms with E-state index in [9.17, 15) is 0 Å². The number of hydrogen-bond donors (Lipinski definition) is 0. The number of aromatic nitrogens is 2. The zero-order chi connectivity index (χ0) is 12.7. The maximum absolute atomic E-state index is 5.84. The van der Waals surface area contributed by atoms with E-state index in [1.807, 2.05) is 6.20 Å². The third kappa shape index (κ3) is 2.27. The lowest BCUT2D eigenvalue weighted by molar-refractivity contribution is -0.0366. The molecule has 0 spiro atoms. The maximum Gasteiger partial charge on any atom is 0.150 e. The highest BCUT2D eigenvalue weighted by molar-refractivity contribution is 5.79. The van der Waals surface area contributed by atoms with Crippen LogP contribution >= 0.6 is 0 Å². The van der Waals surface area contributed by atoms with Crippen LogP contribution in [0.2, 0.25) is 0 Å². The molecule has 1 atom stereocenters. The molecule has 1 saturated carbocycles. The van der Waals surface area contributed by atoms with E-state index >= 15 is 0 Å². The van der Waals surface area contributed by atoms with Crippen molar-refractivity contribution in [2.75, 3.05) is 6.61 Å². The van der Waals surface area contributed by atoms with Gasteiger partial charge in [-0.25, -0.2) is 4.68 Å². The number of ether oxygens (including phenoxy) is 1. The molecule has 2 heterocycles. The lowest BCUT2D eigenvalue weighted by Gasteiger charge is -2.23. The molecule has 1 aliphatic heterocycles. The van der Waals surface area contributed by atoms with E-state index in [-0.39, 0.29) is 6.23 Å². The molecule has 0 amide bonds. The quantitative estimate of drug-likeness (QED) is 0.837. The van der Waals surface area contributed by atoms with Gasteiger partial charge in [-0.05, 0) is 62.1 Å². The summed E-state index contributed by atoms with van der Waals surface area (Å²) in [7, 11) is 0. The van der Waals surface area contributed by atoms with Gasteiger partial charge in [0, 0.05) is 12.0 Å². The molecule has 3 heteroatoms. The predicted molar refractivity (Wildman–Crippen MR) is 75.0 cm³/mol. The average Bonchev–Trinajstić information content (AvgIpc) is 3.17. The molecule has 19 heavy (non-hydrogen) atoms. The van der Waals surface area contributed by atoms with E-state index in [0.717, 1.165) is 18.9 Å². The Morgan fingerprint density at radius 1 is 1.21 bits per heavy atom. The first-order chi connectivity index (χ1) is 9.40. The van der Waals surface area contributed by atoms with Crippen LogP contribution in [0.5, 0.6) is 0 Å². The topological polar surface area (TPSA) is 27.1 Å². The lowest BCUT2D eigenvalue weighted by atomic mass is 10.1. The summed E-state index contributed by atoms with van der Waals surface area (Å²) in [6.07, 6.45) is 9.69. The van der Waals surface area contributed by atoms with Gasteiger partial charge in [0.1, 0.15) is 0 Å². The Morgan fingerprint density at radius 3 is 2.95 bits per heavy atom. The number of rotatable bonds is 3. The van der Waals surface area contributed by atoms with E-state index in [2.05, 4.69) is 28.0 Å². The average molecular weight is 256 g/mol. The maximum atomic E-state index is 5.84. The monoisotopic (exact) mass is 256 g/mol. The molecule has 1 unspecified atom stereocenters. The van der Waals surface area contributed by atoms with Gasteiger partial charge in [-0.15, -0.1) is 0 Å². The summed E-state index contributed by atoms with van der Waals surface area (Å²) in [6.45, 7) is 0.867. The van der Waals surface area contributed by atoms with Crippen LogP contribution in [-0.2, 0) is 11.2 Å². The zero-order valence-electron chi connectivity index (χ0n) is 11.2. The molecule has 1 aliphatic carbocycles. The number of nitrogens with zero attached hydrogens (tertiary/aromatic N) is 2. The van der Waals surface area contributed by atoms with Crippen molar-refractivity contribution in [3.05, 3.63) is 30.0 Å². The summed E-state index contributed by atoms with van der Waals surface area (Å²) < 4.78 is 7.90. The fourth-order valence-electron chi connectivity index (χ4n) is 3.03. The summed E-state index contributed by atoms with van der Waals surface area (Å²) in [5.74, 6) is 0.939. The standard InChI is InChI=1S/C16H20N2O/c1-2-8-19-16(3-1)18-15-7-6-13(9-12-4-5-12)10-14(15)11-17-18/h6-7,10-12,16H,1-5,8-9H2. The summed E-state index contributed by atoms with van der Waals surface area (Å²) in [5, 5.41) is 5.80. The second-order valence-electron chi connectivity index (χ2n) is 5.95. The summed E-state index contributed by atoms with van der Waals surface area (Å²) >= 11 is 0. The minimum absolute atomic E-state index is 0.139. The second kappa shape index (κ2) is 4.64. The first-order valence-corrected chi connectivity index (χ1v) is 7.48. The van der Waals surface area contributed by atoms with Crippen LogP contribution in [0, 0.1) is 5.92 Å². The summed E-state index contributed by atoms with van der Waals surface area (Å²) in [6, 6.07) is 6.79. The SMILES string of the molecule is c1cc2c(cnn2C2CCCCO2)cc1CC1CC1. The molecule has 0 bridgehead atoms. The van der Waals surface area contributed by atoms with Gasteiger partial charge in [0.25, 0.3) is 0 Å². The van der Waals surface area contributed by atoms with Gasteiger partial charge in [0.05, 0.1) is 11.7 Å². The number of fused-ring (bicyclic) bond motifs is 1. The molecule has 1 saturated heterocycles. The Bertz CT molecular complexity index is 579. The van der Waals surface area contributed by atoms with E-state index in [4.69, 9.17) is 4.74 Å². The van der Waals surface area contributed by atoms with Crippen molar-refractivity contribution >= 4 is 10.9 Å². The van der Waals surface area contributed by atoms with Gasteiger partial charge in [0.2, 0.25) is 0 Å². The molecular weight excluding hydrogens is 236 g/mol.